The van der Waals surface area contributed by atoms with E-state index in [1.807, 2.05) is 51.2 Å². The van der Waals surface area contributed by atoms with Gasteiger partial charge in [-0.25, -0.2) is 4.98 Å². The third kappa shape index (κ3) is 3.07. The molecule has 0 aliphatic carbocycles. The minimum atomic E-state index is -0.244. The molecule has 0 aliphatic heterocycles. The lowest BCUT2D eigenvalue weighted by Crippen LogP contribution is -2.17. The van der Waals surface area contributed by atoms with Gasteiger partial charge in [-0.05, 0) is 49.6 Å². The van der Waals surface area contributed by atoms with Crippen LogP contribution in [0.3, 0.4) is 0 Å². The Morgan fingerprint density at radius 3 is 2.76 bits per heavy atom. The zero-order chi connectivity index (χ0) is 18.1. The van der Waals surface area contributed by atoms with Gasteiger partial charge in [0.1, 0.15) is 5.69 Å². The Hall–Kier alpha value is -2.53. The summed E-state index contributed by atoms with van der Waals surface area (Å²) >= 11 is 6.32. The van der Waals surface area contributed by atoms with Crippen molar-refractivity contribution in [2.75, 3.05) is 12.4 Å². The Balaban J connectivity index is 2.09. The van der Waals surface area contributed by atoms with Crippen molar-refractivity contribution in [3.8, 4) is 5.75 Å². The van der Waals surface area contributed by atoms with E-state index in [0.29, 0.717) is 39.9 Å². The van der Waals surface area contributed by atoms with Gasteiger partial charge in [-0.3, -0.25) is 9.20 Å². The van der Waals surface area contributed by atoms with E-state index in [-0.39, 0.29) is 5.91 Å². The molecular weight excluding hydrogens is 338 g/mol. The summed E-state index contributed by atoms with van der Waals surface area (Å²) in [6.45, 7) is 5.86. The maximum absolute atomic E-state index is 13.0. The summed E-state index contributed by atoms with van der Waals surface area (Å²) in [5.41, 5.74) is 4.42. The zero-order valence-corrected chi connectivity index (χ0v) is 15.4. The van der Waals surface area contributed by atoms with Gasteiger partial charge in [0.25, 0.3) is 5.91 Å². The van der Waals surface area contributed by atoms with Crippen LogP contribution in [0.2, 0.25) is 5.02 Å². The molecule has 0 saturated carbocycles. The monoisotopic (exact) mass is 357 g/mol. The number of halogens is 1. The number of aryl methyl sites for hydroxylation is 3. The van der Waals surface area contributed by atoms with Gasteiger partial charge in [0.05, 0.1) is 23.5 Å². The van der Waals surface area contributed by atoms with Crippen molar-refractivity contribution < 1.29 is 9.53 Å². The number of nitrogens with zero attached hydrogens (tertiary/aromatic N) is 2. The second-order valence-corrected chi connectivity index (χ2v) is 6.33. The summed E-state index contributed by atoms with van der Waals surface area (Å²) in [4.78, 5) is 17.6. The summed E-state index contributed by atoms with van der Waals surface area (Å²) < 4.78 is 7.11. The molecular formula is C19H20ClN3O2. The number of nitrogens with one attached hydrogen (secondary N) is 1. The number of benzene rings is 1. The molecule has 3 rings (SSSR count). The number of fused-ring (bicyclic) bond motifs is 1. The van der Waals surface area contributed by atoms with Crippen molar-refractivity contribution >= 4 is 28.8 Å². The number of hydrogen-bond acceptors (Lipinski definition) is 3. The molecule has 130 valence electrons. The molecule has 1 amide bonds. The summed E-state index contributed by atoms with van der Waals surface area (Å²) in [6, 6.07) is 7.47. The van der Waals surface area contributed by atoms with Gasteiger partial charge < -0.3 is 10.1 Å². The first-order valence-electron chi connectivity index (χ1n) is 8.08. The van der Waals surface area contributed by atoms with E-state index in [1.54, 1.807) is 11.5 Å². The highest BCUT2D eigenvalue weighted by Gasteiger charge is 2.21. The van der Waals surface area contributed by atoms with Gasteiger partial charge >= 0.3 is 0 Å². The molecule has 1 aromatic carbocycles. The summed E-state index contributed by atoms with van der Waals surface area (Å²) in [5, 5.41) is 3.46. The molecule has 0 atom stereocenters. The van der Waals surface area contributed by atoms with Crippen molar-refractivity contribution in [3.05, 3.63) is 58.0 Å². The predicted octanol–water partition coefficient (Wildman–Crippen LogP) is 4.43. The van der Waals surface area contributed by atoms with E-state index in [9.17, 15) is 4.79 Å². The molecule has 0 unspecified atom stereocenters. The molecule has 0 bridgehead atoms. The van der Waals surface area contributed by atoms with Crippen LogP contribution >= 0.6 is 11.6 Å². The molecule has 0 radical (unpaired) electrons. The first-order chi connectivity index (χ1) is 12.0. The molecule has 5 nitrogen and oxygen atoms in total. The van der Waals surface area contributed by atoms with Crippen LogP contribution in [-0.4, -0.2) is 22.4 Å². The van der Waals surface area contributed by atoms with Crippen molar-refractivity contribution in [1.82, 2.24) is 9.38 Å². The fourth-order valence-electron chi connectivity index (χ4n) is 2.98. The predicted molar refractivity (Wildman–Crippen MR) is 100 cm³/mol. The van der Waals surface area contributed by atoms with Crippen LogP contribution in [0, 0.1) is 13.8 Å². The fourth-order valence-corrected chi connectivity index (χ4v) is 3.35. The van der Waals surface area contributed by atoms with Crippen LogP contribution in [0.5, 0.6) is 5.75 Å². The van der Waals surface area contributed by atoms with E-state index in [4.69, 9.17) is 16.3 Å². The number of hydrogen-bond donors (Lipinski definition) is 1. The normalized spacial score (nSPS) is 10.9. The summed E-state index contributed by atoms with van der Waals surface area (Å²) in [5.74, 6) is 0.382. The minimum absolute atomic E-state index is 0.244. The SMILES string of the molecule is CCc1nc2c(OC)cccn2c1C(=O)Nc1c(C)cc(C)cc1Cl. The average molecular weight is 358 g/mol. The average Bonchev–Trinajstić information content (AvgIpc) is 2.96. The van der Waals surface area contributed by atoms with E-state index >= 15 is 0 Å². The zero-order valence-electron chi connectivity index (χ0n) is 14.7. The molecule has 2 heterocycles. The van der Waals surface area contributed by atoms with Gasteiger partial charge in [0.2, 0.25) is 0 Å². The third-order valence-electron chi connectivity index (χ3n) is 4.13. The Morgan fingerprint density at radius 2 is 2.12 bits per heavy atom. The summed E-state index contributed by atoms with van der Waals surface area (Å²) in [6.07, 6.45) is 2.44. The van der Waals surface area contributed by atoms with Crippen LogP contribution in [0.25, 0.3) is 5.65 Å². The number of imidazole rings is 1. The van der Waals surface area contributed by atoms with Crippen LogP contribution in [0.1, 0.15) is 34.2 Å². The molecule has 2 aromatic heterocycles. The highest BCUT2D eigenvalue weighted by atomic mass is 35.5. The molecule has 0 saturated heterocycles. The first kappa shape index (κ1) is 17.3. The lowest BCUT2D eigenvalue weighted by Gasteiger charge is -2.12. The topological polar surface area (TPSA) is 55.6 Å². The highest BCUT2D eigenvalue weighted by molar-refractivity contribution is 6.34. The number of aromatic nitrogens is 2. The number of pyridine rings is 1. The largest absolute Gasteiger partial charge is 0.493 e. The van der Waals surface area contributed by atoms with Crippen LogP contribution < -0.4 is 10.1 Å². The number of methoxy groups -OCH3 is 1. The summed E-state index contributed by atoms with van der Waals surface area (Å²) in [7, 11) is 1.59. The van der Waals surface area contributed by atoms with Crippen LogP contribution in [-0.2, 0) is 6.42 Å². The van der Waals surface area contributed by atoms with Crippen molar-refractivity contribution in [1.29, 1.82) is 0 Å². The lowest BCUT2D eigenvalue weighted by molar-refractivity contribution is 0.102. The number of carbonyl (C=O) groups excluding carboxylic acids is 1. The van der Waals surface area contributed by atoms with Gasteiger partial charge in [0, 0.05) is 6.20 Å². The van der Waals surface area contributed by atoms with E-state index in [2.05, 4.69) is 10.3 Å². The molecule has 0 aliphatic rings. The minimum Gasteiger partial charge on any atom is -0.493 e. The molecule has 0 spiro atoms. The maximum Gasteiger partial charge on any atom is 0.274 e. The lowest BCUT2D eigenvalue weighted by atomic mass is 10.1. The van der Waals surface area contributed by atoms with Gasteiger partial charge in [-0.2, -0.15) is 0 Å². The fraction of sp³-hybridized carbons (Fsp3) is 0.263. The number of rotatable bonds is 4. The number of amides is 1. The molecule has 6 heteroatoms. The number of ether oxygens (including phenoxy) is 1. The molecule has 1 N–H and O–H groups in total. The van der Waals surface area contributed by atoms with Crippen LogP contribution in [0.15, 0.2) is 30.5 Å². The van der Waals surface area contributed by atoms with E-state index in [0.717, 1.165) is 11.1 Å². The Kier molecular flexibility index (Phi) is 4.68. The second-order valence-electron chi connectivity index (χ2n) is 5.92. The number of anilines is 1. The van der Waals surface area contributed by atoms with Crippen LogP contribution in [0.4, 0.5) is 5.69 Å². The molecule has 3 aromatic rings. The number of carbonyl (C=O) groups is 1. The Bertz CT molecular complexity index is 940. The molecule has 0 fully saturated rings. The second kappa shape index (κ2) is 6.76. The first-order valence-corrected chi connectivity index (χ1v) is 8.46. The van der Waals surface area contributed by atoms with E-state index < -0.39 is 0 Å². The van der Waals surface area contributed by atoms with Crippen molar-refractivity contribution in [2.45, 2.75) is 27.2 Å². The smallest absolute Gasteiger partial charge is 0.274 e. The Morgan fingerprint density at radius 1 is 1.36 bits per heavy atom. The van der Waals surface area contributed by atoms with Gasteiger partial charge in [0.15, 0.2) is 11.4 Å². The van der Waals surface area contributed by atoms with Gasteiger partial charge in [-0.15, -0.1) is 0 Å². The highest BCUT2D eigenvalue weighted by Crippen LogP contribution is 2.29. The van der Waals surface area contributed by atoms with Crippen molar-refractivity contribution in [2.24, 2.45) is 0 Å². The Labute approximate surface area is 151 Å². The van der Waals surface area contributed by atoms with Gasteiger partial charge in [-0.1, -0.05) is 24.6 Å². The van der Waals surface area contributed by atoms with Crippen molar-refractivity contribution in [3.63, 3.8) is 0 Å². The molecule has 25 heavy (non-hydrogen) atoms. The quantitative estimate of drug-likeness (QED) is 0.751. The maximum atomic E-state index is 13.0. The third-order valence-corrected chi connectivity index (χ3v) is 4.42. The standard InChI is InChI=1S/C19H20ClN3O2/c1-5-14-17(23-8-6-7-15(25-4)18(23)21-14)19(24)22-16-12(3)9-11(2)10-13(16)20/h6-10H,5H2,1-4H3,(H,22,24). The van der Waals surface area contributed by atoms with E-state index in [1.165, 1.54) is 0 Å².